The Bertz CT molecular complexity index is 383. The maximum absolute atomic E-state index is 4.57. The summed E-state index contributed by atoms with van der Waals surface area (Å²) in [6.45, 7) is 8.38. The molecule has 1 aliphatic rings. The van der Waals surface area contributed by atoms with E-state index in [1.807, 2.05) is 13.0 Å². The van der Waals surface area contributed by atoms with Gasteiger partial charge in [-0.05, 0) is 26.3 Å². The number of anilines is 1. The highest BCUT2D eigenvalue weighted by atomic mass is 15.1. The minimum atomic E-state index is 0.373. The Morgan fingerprint density at radius 2 is 2.22 bits per heavy atom. The second-order valence-corrected chi connectivity index (χ2v) is 5.44. The van der Waals surface area contributed by atoms with Gasteiger partial charge in [0.05, 0.1) is 0 Å². The minimum absolute atomic E-state index is 0.373. The number of piperidine rings is 1. The Morgan fingerprint density at radius 1 is 1.39 bits per heavy atom. The molecule has 0 radical (unpaired) electrons. The predicted molar refractivity (Wildman–Crippen MR) is 75.0 cm³/mol. The number of aromatic nitrogens is 2. The quantitative estimate of drug-likeness (QED) is 0.859. The standard InChI is InChI=1S/C14H24N4/c1-10(2)14-17-11(3)8-13(18-14)16-9-12-6-4-5-7-15-12/h8,10,12,15H,4-7,9H2,1-3H3,(H,16,17,18). The van der Waals surface area contributed by atoms with E-state index in [0.717, 1.165) is 30.4 Å². The molecule has 0 amide bonds. The number of nitrogens with zero attached hydrogens (tertiary/aromatic N) is 2. The van der Waals surface area contributed by atoms with E-state index in [1.54, 1.807) is 0 Å². The second kappa shape index (κ2) is 6.14. The largest absolute Gasteiger partial charge is 0.368 e. The summed E-state index contributed by atoms with van der Waals surface area (Å²) in [5.74, 6) is 2.26. The highest BCUT2D eigenvalue weighted by molar-refractivity contribution is 5.36. The Balaban J connectivity index is 1.95. The van der Waals surface area contributed by atoms with E-state index < -0.39 is 0 Å². The van der Waals surface area contributed by atoms with Gasteiger partial charge in [0.1, 0.15) is 11.6 Å². The van der Waals surface area contributed by atoms with Crippen molar-refractivity contribution in [1.29, 1.82) is 0 Å². The summed E-state index contributed by atoms with van der Waals surface area (Å²) in [6, 6.07) is 2.60. The Hall–Kier alpha value is -1.16. The van der Waals surface area contributed by atoms with Gasteiger partial charge in [0, 0.05) is 30.3 Å². The van der Waals surface area contributed by atoms with Gasteiger partial charge in [0.15, 0.2) is 0 Å². The molecule has 0 bridgehead atoms. The number of rotatable bonds is 4. The smallest absolute Gasteiger partial charge is 0.133 e. The Kier molecular flexibility index (Phi) is 4.53. The summed E-state index contributed by atoms with van der Waals surface area (Å²) in [6.07, 6.45) is 3.90. The van der Waals surface area contributed by atoms with Crippen LogP contribution in [0.1, 0.15) is 50.5 Å². The average Bonchev–Trinajstić information content (AvgIpc) is 2.37. The first-order valence-electron chi connectivity index (χ1n) is 6.98. The van der Waals surface area contributed by atoms with Crippen molar-refractivity contribution >= 4 is 5.82 Å². The van der Waals surface area contributed by atoms with E-state index in [9.17, 15) is 0 Å². The van der Waals surface area contributed by atoms with Crippen molar-refractivity contribution in [2.45, 2.75) is 52.0 Å². The van der Waals surface area contributed by atoms with Crippen LogP contribution in [0.3, 0.4) is 0 Å². The molecule has 1 unspecified atom stereocenters. The van der Waals surface area contributed by atoms with Gasteiger partial charge in [-0.3, -0.25) is 0 Å². The van der Waals surface area contributed by atoms with Crippen LogP contribution >= 0.6 is 0 Å². The molecule has 1 saturated heterocycles. The molecule has 2 N–H and O–H groups in total. The van der Waals surface area contributed by atoms with Gasteiger partial charge in [-0.1, -0.05) is 20.3 Å². The van der Waals surface area contributed by atoms with E-state index in [-0.39, 0.29) is 0 Å². The normalized spacial score (nSPS) is 20.1. The molecule has 1 aromatic heterocycles. The van der Waals surface area contributed by atoms with Crippen molar-refractivity contribution in [2.75, 3.05) is 18.4 Å². The van der Waals surface area contributed by atoms with Crippen LogP contribution in [-0.2, 0) is 0 Å². The number of aryl methyl sites for hydroxylation is 1. The van der Waals surface area contributed by atoms with Crippen molar-refractivity contribution < 1.29 is 0 Å². The maximum Gasteiger partial charge on any atom is 0.133 e. The number of hydrogen-bond donors (Lipinski definition) is 2. The molecule has 0 aromatic carbocycles. The molecule has 0 saturated carbocycles. The van der Waals surface area contributed by atoms with E-state index >= 15 is 0 Å². The first-order chi connectivity index (χ1) is 8.65. The van der Waals surface area contributed by atoms with Crippen LogP contribution in [0.4, 0.5) is 5.82 Å². The summed E-state index contributed by atoms with van der Waals surface area (Å²) in [5.41, 5.74) is 1.04. The Morgan fingerprint density at radius 3 is 2.89 bits per heavy atom. The lowest BCUT2D eigenvalue weighted by Gasteiger charge is -2.24. The third-order valence-electron chi connectivity index (χ3n) is 3.33. The number of nitrogens with one attached hydrogen (secondary N) is 2. The van der Waals surface area contributed by atoms with Crippen LogP contribution in [-0.4, -0.2) is 29.1 Å². The molecule has 1 aliphatic heterocycles. The summed E-state index contributed by atoms with van der Waals surface area (Å²) in [7, 11) is 0. The zero-order valence-corrected chi connectivity index (χ0v) is 11.7. The molecule has 4 heteroatoms. The van der Waals surface area contributed by atoms with Crippen molar-refractivity contribution in [3.05, 3.63) is 17.6 Å². The second-order valence-electron chi connectivity index (χ2n) is 5.44. The van der Waals surface area contributed by atoms with Crippen molar-refractivity contribution in [1.82, 2.24) is 15.3 Å². The molecule has 18 heavy (non-hydrogen) atoms. The monoisotopic (exact) mass is 248 g/mol. The molecule has 0 spiro atoms. The van der Waals surface area contributed by atoms with Gasteiger partial charge in [0.2, 0.25) is 0 Å². The lowest BCUT2D eigenvalue weighted by atomic mass is 10.1. The van der Waals surface area contributed by atoms with Crippen LogP contribution in [0.15, 0.2) is 6.07 Å². The molecular formula is C14H24N4. The fraction of sp³-hybridized carbons (Fsp3) is 0.714. The molecule has 2 heterocycles. The lowest BCUT2D eigenvalue weighted by molar-refractivity contribution is 0.414. The van der Waals surface area contributed by atoms with E-state index in [1.165, 1.54) is 19.3 Å². The Labute approximate surface area is 110 Å². The van der Waals surface area contributed by atoms with Gasteiger partial charge in [0.25, 0.3) is 0 Å². The highest BCUT2D eigenvalue weighted by Gasteiger charge is 2.12. The van der Waals surface area contributed by atoms with Crippen LogP contribution < -0.4 is 10.6 Å². The molecule has 1 aromatic rings. The lowest BCUT2D eigenvalue weighted by Crippen LogP contribution is -2.39. The van der Waals surface area contributed by atoms with Crippen LogP contribution in [0.25, 0.3) is 0 Å². The number of hydrogen-bond acceptors (Lipinski definition) is 4. The van der Waals surface area contributed by atoms with Gasteiger partial charge < -0.3 is 10.6 Å². The van der Waals surface area contributed by atoms with E-state index in [0.29, 0.717) is 12.0 Å². The molecule has 100 valence electrons. The summed E-state index contributed by atoms with van der Waals surface area (Å²) in [4.78, 5) is 9.03. The topological polar surface area (TPSA) is 49.8 Å². The fourth-order valence-corrected chi connectivity index (χ4v) is 2.27. The van der Waals surface area contributed by atoms with Gasteiger partial charge in [-0.15, -0.1) is 0 Å². The van der Waals surface area contributed by atoms with E-state index in [4.69, 9.17) is 0 Å². The van der Waals surface area contributed by atoms with Crippen LogP contribution in [0.2, 0.25) is 0 Å². The van der Waals surface area contributed by atoms with Crippen molar-refractivity contribution in [3.63, 3.8) is 0 Å². The zero-order valence-electron chi connectivity index (χ0n) is 11.7. The first-order valence-corrected chi connectivity index (χ1v) is 6.98. The molecule has 2 rings (SSSR count). The molecule has 1 atom stereocenters. The van der Waals surface area contributed by atoms with E-state index in [2.05, 4.69) is 34.4 Å². The first kappa shape index (κ1) is 13.3. The van der Waals surface area contributed by atoms with Crippen molar-refractivity contribution in [3.8, 4) is 0 Å². The molecular weight excluding hydrogens is 224 g/mol. The van der Waals surface area contributed by atoms with Gasteiger partial charge >= 0.3 is 0 Å². The molecule has 4 nitrogen and oxygen atoms in total. The van der Waals surface area contributed by atoms with Gasteiger partial charge in [-0.2, -0.15) is 0 Å². The third kappa shape index (κ3) is 3.67. The zero-order chi connectivity index (χ0) is 13.0. The molecule has 1 fully saturated rings. The summed E-state index contributed by atoms with van der Waals surface area (Å²) >= 11 is 0. The average molecular weight is 248 g/mol. The summed E-state index contributed by atoms with van der Waals surface area (Å²) in [5, 5.41) is 6.97. The minimum Gasteiger partial charge on any atom is -0.368 e. The predicted octanol–water partition coefficient (Wildman–Crippen LogP) is 2.46. The highest BCUT2D eigenvalue weighted by Crippen LogP contribution is 2.14. The van der Waals surface area contributed by atoms with Crippen LogP contribution in [0.5, 0.6) is 0 Å². The third-order valence-corrected chi connectivity index (χ3v) is 3.33. The maximum atomic E-state index is 4.57. The SMILES string of the molecule is Cc1cc(NCC2CCCCN2)nc(C(C)C)n1. The van der Waals surface area contributed by atoms with Crippen LogP contribution in [0, 0.1) is 6.92 Å². The van der Waals surface area contributed by atoms with Crippen molar-refractivity contribution in [2.24, 2.45) is 0 Å². The fourth-order valence-electron chi connectivity index (χ4n) is 2.27. The molecule has 0 aliphatic carbocycles. The van der Waals surface area contributed by atoms with Gasteiger partial charge in [-0.25, -0.2) is 9.97 Å². The summed E-state index contributed by atoms with van der Waals surface area (Å²) < 4.78 is 0.